The molecule has 0 bridgehead atoms. The van der Waals surface area contributed by atoms with Gasteiger partial charge in [0.15, 0.2) is 5.78 Å². The number of hydrogen-bond donors (Lipinski definition) is 3. The van der Waals surface area contributed by atoms with Gasteiger partial charge in [0.05, 0.1) is 11.6 Å². The maximum absolute atomic E-state index is 12.8. The van der Waals surface area contributed by atoms with Crippen molar-refractivity contribution >= 4 is 22.2 Å². The highest BCUT2D eigenvalue weighted by Crippen LogP contribution is 2.28. The van der Waals surface area contributed by atoms with Gasteiger partial charge in [0.25, 0.3) is 0 Å². The molecule has 1 fully saturated rings. The van der Waals surface area contributed by atoms with Crippen LogP contribution in [0.1, 0.15) is 32.6 Å². The van der Waals surface area contributed by atoms with Gasteiger partial charge in [-0.2, -0.15) is 0 Å². The third-order valence-electron chi connectivity index (χ3n) is 5.00. The molecule has 0 aromatic heterocycles. The number of fused-ring (bicyclic) bond motifs is 1. The van der Waals surface area contributed by atoms with Crippen molar-refractivity contribution in [2.24, 2.45) is 11.5 Å². The molecule has 2 aromatic carbocycles. The summed E-state index contributed by atoms with van der Waals surface area (Å²) in [4.78, 5) is 12.8. The molecule has 23 heavy (non-hydrogen) atoms. The van der Waals surface area contributed by atoms with E-state index in [0.717, 1.165) is 30.3 Å². The van der Waals surface area contributed by atoms with Gasteiger partial charge in [0, 0.05) is 11.7 Å². The van der Waals surface area contributed by atoms with E-state index in [1.165, 1.54) is 5.39 Å². The maximum Gasteiger partial charge on any atom is 0.176 e. The zero-order valence-electron chi connectivity index (χ0n) is 13.6. The minimum Gasteiger partial charge on any atom is -0.375 e. The summed E-state index contributed by atoms with van der Waals surface area (Å²) in [6.07, 6.45) is 3.53. The van der Waals surface area contributed by atoms with Crippen molar-refractivity contribution in [1.82, 2.24) is 0 Å². The van der Waals surface area contributed by atoms with Crippen LogP contribution in [-0.4, -0.2) is 23.4 Å². The highest BCUT2D eigenvalue weighted by Gasteiger charge is 2.43. The number of carbonyl (C=O) groups excluding carboxylic acids is 1. The van der Waals surface area contributed by atoms with E-state index in [-0.39, 0.29) is 17.9 Å². The van der Waals surface area contributed by atoms with E-state index in [4.69, 9.17) is 11.5 Å². The standard InChI is InChI=1S/C19H25N3O/c1-13(18(23)19(21)11-5-4-8-17(19)20)22-16-10-9-14-6-2-3-7-15(14)12-16/h2-3,6-7,9-10,12-13,17,22H,4-5,8,11,20-21H2,1H3. The molecule has 0 aliphatic heterocycles. The predicted octanol–water partition coefficient (Wildman–Crippen LogP) is 2.81. The van der Waals surface area contributed by atoms with E-state index in [0.29, 0.717) is 6.42 Å². The fraction of sp³-hybridized carbons (Fsp3) is 0.421. The minimum atomic E-state index is -0.901. The summed E-state index contributed by atoms with van der Waals surface area (Å²) in [5.74, 6) is 0.0119. The van der Waals surface area contributed by atoms with Gasteiger partial charge in [0.2, 0.25) is 0 Å². The molecule has 0 heterocycles. The number of Topliss-reactive ketones (excluding diaryl/α,β-unsaturated/α-hetero) is 1. The second-order valence-electron chi connectivity index (χ2n) is 6.68. The molecule has 0 radical (unpaired) electrons. The van der Waals surface area contributed by atoms with Crippen molar-refractivity contribution in [3.05, 3.63) is 42.5 Å². The lowest BCUT2D eigenvalue weighted by atomic mass is 9.74. The molecule has 0 amide bonds. The van der Waals surface area contributed by atoms with Gasteiger partial charge in [0.1, 0.15) is 0 Å². The van der Waals surface area contributed by atoms with Crippen LogP contribution in [-0.2, 0) is 4.79 Å². The Balaban J connectivity index is 1.76. The highest BCUT2D eigenvalue weighted by molar-refractivity contribution is 5.96. The van der Waals surface area contributed by atoms with Crippen LogP contribution in [0, 0.1) is 0 Å². The van der Waals surface area contributed by atoms with Crippen molar-refractivity contribution in [2.75, 3.05) is 5.32 Å². The van der Waals surface area contributed by atoms with Crippen molar-refractivity contribution in [3.8, 4) is 0 Å². The van der Waals surface area contributed by atoms with Crippen LogP contribution in [0.2, 0.25) is 0 Å². The monoisotopic (exact) mass is 311 g/mol. The van der Waals surface area contributed by atoms with Crippen LogP contribution < -0.4 is 16.8 Å². The topological polar surface area (TPSA) is 81.1 Å². The third kappa shape index (κ3) is 3.09. The van der Waals surface area contributed by atoms with Gasteiger partial charge < -0.3 is 16.8 Å². The van der Waals surface area contributed by atoms with Gasteiger partial charge in [-0.25, -0.2) is 0 Å². The number of rotatable bonds is 4. The molecule has 1 saturated carbocycles. The van der Waals surface area contributed by atoms with E-state index in [1.54, 1.807) is 0 Å². The molecule has 0 saturated heterocycles. The van der Waals surface area contributed by atoms with Crippen molar-refractivity contribution in [2.45, 2.75) is 50.2 Å². The fourth-order valence-corrected chi connectivity index (χ4v) is 3.53. The number of benzene rings is 2. The van der Waals surface area contributed by atoms with Crippen LogP contribution >= 0.6 is 0 Å². The second-order valence-corrected chi connectivity index (χ2v) is 6.68. The molecule has 3 atom stereocenters. The summed E-state index contributed by atoms with van der Waals surface area (Å²) in [5.41, 5.74) is 12.5. The van der Waals surface area contributed by atoms with E-state index in [9.17, 15) is 4.79 Å². The Morgan fingerprint density at radius 1 is 1.22 bits per heavy atom. The van der Waals surface area contributed by atoms with Gasteiger partial charge in [-0.1, -0.05) is 43.2 Å². The first-order valence-electron chi connectivity index (χ1n) is 8.35. The Morgan fingerprint density at radius 3 is 2.70 bits per heavy atom. The third-order valence-corrected chi connectivity index (χ3v) is 5.00. The summed E-state index contributed by atoms with van der Waals surface area (Å²) in [6, 6.07) is 13.7. The Hall–Kier alpha value is -1.91. The number of hydrogen-bond acceptors (Lipinski definition) is 4. The SMILES string of the molecule is CC(Nc1ccc2ccccc2c1)C(=O)C1(N)CCCCC1N. The molecule has 3 unspecified atom stereocenters. The first-order chi connectivity index (χ1) is 11.0. The normalized spacial score (nSPS) is 26.0. The average molecular weight is 311 g/mol. The molecule has 3 rings (SSSR count). The predicted molar refractivity (Wildman–Crippen MR) is 95.4 cm³/mol. The minimum absolute atomic E-state index is 0.0119. The lowest BCUT2D eigenvalue weighted by Crippen LogP contribution is -2.65. The van der Waals surface area contributed by atoms with Crippen molar-refractivity contribution in [3.63, 3.8) is 0 Å². The summed E-state index contributed by atoms with van der Waals surface area (Å²) < 4.78 is 0. The maximum atomic E-state index is 12.8. The highest BCUT2D eigenvalue weighted by atomic mass is 16.1. The first-order valence-corrected chi connectivity index (χ1v) is 8.35. The molecule has 2 aromatic rings. The van der Waals surface area contributed by atoms with Crippen LogP contribution in [0.5, 0.6) is 0 Å². The number of nitrogens with one attached hydrogen (secondary N) is 1. The van der Waals surface area contributed by atoms with E-state index >= 15 is 0 Å². The molecule has 4 nitrogen and oxygen atoms in total. The summed E-state index contributed by atoms with van der Waals surface area (Å²) in [7, 11) is 0. The van der Waals surface area contributed by atoms with Crippen LogP contribution in [0.4, 0.5) is 5.69 Å². The summed E-state index contributed by atoms with van der Waals surface area (Å²) >= 11 is 0. The summed E-state index contributed by atoms with van der Waals surface area (Å²) in [6.45, 7) is 1.87. The quantitative estimate of drug-likeness (QED) is 0.811. The van der Waals surface area contributed by atoms with Crippen molar-refractivity contribution < 1.29 is 4.79 Å². The lowest BCUT2D eigenvalue weighted by Gasteiger charge is -2.39. The first kappa shape index (κ1) is 16.0. The molecule has 1 aliphatic carbocycles. The van der Waals surface area contributed by atoms with Crippen molar-refractivity contribution in [1.29, 1.82) is 0 Å². The van der Waals surface area contributed by atoms with E-state index < -0.39 is 5.54 Å². The number of ketones is 1. The molecule has 5 N–H and O–H groups in total. The zero-order chi connectivity index (χ0) is 16.4. The Bertz CT molecular complexity index is 715. The Kier molecular flexibility index (Phi) is 4.37. The van der Waals surface area contributed by atoms with Crippen LogP contribution in [0.15, 0.2) is 42.5 Å². The largest absolute Gasteiger partial charge is 0.375 e. The molecular weight excluding hydrogens is 286 g/mol. The number of nitrogens with two attached hydrogens (primary N) is 2. The Morgan fingerprint density at radius 2 is 1.96 bits per heavy atom. The summed E-state index contributed by atoms with van der Waals surface area (Å²) in [5, 5.41) is 5.62. The second kappa shape index (κ2) is 6.30. The average Bonchev–Trinajstić information content (AvgIpc) is 2.56. The molecule has 0 spiro atoms. The van der Waals surface area contributed by atoms with Crippen LogP contribution in [0.25, 0.3) is 10.8 Å². The van der Waals surface area contributed by atoms with Crippen LogP contribution in [0.3, 0.4) is 0 Å². The number of carbonyl (C=O) groups is 1. The molecule has 122 valence electrons. The Labute approximate surface area is 137 Å². The van der Waals surface area contributed by atoms with Gasteiger partial charge in [-0.05, 0) is 42.7 Å². The van der Waals surface area contributed by atoms with Gasteiger partial charge in [-0.15, -0.1) is 0 Å². The lowest BCUT2D eigenvalue weighted by molar-refractivity contribution is -0.126. The van der Waals surface area contributed by atoms with Gasteiger partial charge in [-0.3, -0.25) is 4.79 Å². The fourth-order valence-electron chi connectivity index (χ4n) is 3.53. The zero-order valence-corrected chi connectivity index (χ0v) is 13.6. The smallest absolute Gasteiger partial charge is 0.176 e. The van der Waals surface area contributed by atoms with E-state index in [2.05, 4.69) is 29.6 Å². The number of anilines is 1. The van der Waals surface area contributed by atoms with Gasteiger partial charge >= 0.3 is 0 Å². The molecular formula is C19H25N3O. The molecule has 1 aliphatic rings. The van der Waals surface area contributed by atoms with E-state index in [1.807, 2.05) is 25.1 Å². The molecule has 4 heteroatoms.